The monoisotopic (exact) mass is 239 g/mol. The molecule has 0 amide bonds. The Morgan fingerprint density at radius 2 is 2.27 bits per heavy atom. The van der Waals surface area contributed by atoms with Crippen LogP contribution in [0, 0.1) is 6.92 Å². The number of aryl methyl sites for hydroxylation is 2. The molecule has 2 aromatic rings. The summed E-state index contributed by atoms with van der Waals surface area (Å²) in [5.41, 5.74) is 1.34. The predicted octanol–water partition coefficient (Wildman–Crippen LogP) is 3.08. The molecule has 0 fully saturated rings. The van der Waals surface area contributed by atoms with Gasteiger partial charge in [-0.25, -0.2) is 0 Å². The predicted molar refractivity (Wildman–Crippen MR) is 65.7 cm³/mol. The molecule has 1 N–H and O–H groups in total. The minimum Gasteiger partial charge on any atom is -0.355 e. The fraction of sp³-hybridized carbons (Fsp3) is 0.400. The molecule has 0 aliphatic carbocycles. The molecule has 2 rings (SSSR count). The number of hydrogen-bond donors (Lipinski definition) is 1. The van der Waals surface area contributed by atoms with Crippen molar-refractivity contribution in [2.75, 3.05) is 5.32 Å². The highest BCUT2D eigenvalue weighted by molar-refractivity contribution is 7.15. The van der Waals surface area contributed by atoms with Crippen LogP contribution in [-0.4, -0.2) is 10.2 Å². The van der Waals surface area contributed by atoms with Crippen molar-refractivity contribution < 1.29 is 0 Å². The number of nitrogens with zero attached hydrogens (tertiary/aromatic N) is 2. The molecule has 0 unspecified atom stereocenters. The van der Waals surface area contributed by atoms with Crippen molar-refractivity contribution in [2.24, 2.45) is 0 Å². The van der Waals surface area contributed by atoms with E-state index in [-0.39, 0.29) is 0 Å². The lowest BCUT2D eigenvalue weighted by Gasteiger charge is -1.99. The zero-order valence-electron chi connectivity index (χ0n) is 8.78. The number of hydrogen-bond acceptors (Lipinski definition) is 5. The molecule has 15 heavy (non-hydrogen) atoms. The van der Waals surface area contributed by atoms with E-state index in [0.717, 1.165) is 23.1 Å². The summed E-state index contributed by atoms with van der Waals surface area (Å²) < 4.78 is 0. The van der Waals surface area contributed by atoms with Gasteiger partial charge in [0.2, 0.25) is 5.13 Å². The number of nitrogens with one attached hydrogen (secondary N) is 1. The molecule has 0 spiro atoms. The third-order valence-electron chi connectivity index (χ3n) is 2.14. The van der Waals surface area contributed by atoms with E-state index in [0.29, 0.717) is 0 Å². The topological polar surface area (TPSA) is 37.8 Å². The van der Waals surface area contributed by atoms with E-state index in [1.807, 2.05) is 0 Å². The Morgan fingerprint density at radius 1 is 1.40 bits per heavy atom. The molecule has 80 valence electrons. The Balaban J connectivity index is 1.96. The van der Waals surface area contributed by atoms with Crippen molar-refractivity contribution in [3.05, 3.63) is 26.9 Å². The largest absolute Gasteiger partial charge is 0.355 e. The van der Waals surface area contributed by atoms with Crippen molar-refractivity contribution in [3.8, 4) is 0 Å². The summed E-state index contributed by atoms with van der Waals surface area (Å²) >= 11 is 3.41. The van der Waals surface area contributed by atoms with Crippen molar-refractivity contribution in [2.45, 2.75) is 26.8 Å². The number of anilines is 1. The van der Waals surface area contributed by atoms with Crippen LogP contribution in [0.3, 0.4) is 0 Å². The van der Waals surface area contributed by atoms with Gasteiger partial charge < -0.3 is 5.32 Å². The van der Waals surface area contributed by atoms with Gasteiger partial charge in [0.1, 0.15) is 5.01 Å². The molecular weight excluding hydrogens is 226 g/mol. The van der Waals surface area contributed by atoms with Crippen LogP contribution in [0.25, 0.3) is 0 Å². The summed E-state index contributed by atoms with van der Waals surface area (Å²) in [6, 6.07) is 2.14. The zero-order chi connectivity index (χ0) is 10.7. The van der Waals surface area contributed by atoms with Gasteiger partial charge in [0.25, 0.3) is 0 Å². The van der Waals surface area contributed by atoms with Crippen LogP contribution in [0.1, 0.15) is 22.4 Å². The third-order valence-corrected chi connectivity index (χ3v) is 4.19. The van der Waals surface area contributed by atoms with Gasteiger partial charge in [-0.05, 0) is 30.4 Å². The van der Waals surface area contributed by atoms with Crippen molar-refractivity contribution >= 4 is 27.8 Å². The Labute approximate surface area is 97.2 Å². The second-order valence-electron chi connectivity index (χ2n) is 3.23. The van der Waals surface area contributed by atoms with E-state index in [1.165, 1.54) is 10.4 Å². The average molecular weight is 239 g/mol. The van der Waals surface area contributed by atoms with E-state index in [1.54, 1.807) is 22.7 Å². The standard InChI is InChI=1S/C10H13N3S2/c1-3-9-12-13-10(15-9)11-6-8-7(2)4-5-14-8/h4-5H,3,6H2,1-2H3,(H,11,13). The minimum absolute atomic E-state index is 0.849. The summed E-state index contributed by atoms with van der Waals surface area (Å²) in [6.07, 6.45) is 0.956. The molecule has 2 aromatic heterocycles. The molecule has 5 heteroatoms. The lowest BCUT2D eigenvalue weighted by atomic mass is 10.3. The van der Waals surface area contributed by atoms with E-state index in [2.05, 4.69) is 40.8 Å². The Kier molecular flexibility index (Phi) is 3.33. The van der Waals surface area contributed by atoms with Crippen molar-refractivity contribution in [3.63, 3.8) is 0 Å². The highest BCUT2D eigenvalue weighted by Crippen LogP contribution is 2.20. The quantitative estimate of drug-likeness (QED) is 0.891. The maximum Gasteiger partial charge on any atom is 0.205 e. The first-order chi connectivity index (χ1) is 7.29. The third kappa shape index (κ3) is 2.54. The first-order valence-corrected chi connectivity index (χ1v) is 6.58. The Hall–Kier alpha value is -0.940. The Bertz CT molecular complexity index is 433. The SMILES string of the molecule is CCc1nnc(NCc2sccc2C)s1. The van der Waals surface area contributed by atoms with Gasteiger partial charge in [0.05, 0.1) is 6.54 Å². The first kappa shape index (κ1) is 10.6. The second kappa shape index (κ2) is 4.72. The lowest BCUT2D eigenvalue weighted by Crippen LogP contribution is -1.97. The van der Waals surface area contributed by atoms with Gasteiger partial charge in [-0.15, -0.1) is 21.5 Å². The van der Waals surface area contributed by atoms with Crippen LogP contribution < -0.4 is 5.32 Å². The fourth-order valence-corrected chi connectivity index (χ4v) is 2.73. The highest BCUT2D eigenvalue weighted by atomic mass is 32.1. The van der Waals surface area contributed by atoms with Crippen LogP contribution in [0.15, 0.2) is 11.4 Å². The van der Waals surface area contributed by atoms with E-state index in [4.69, 9.17) is 0 Å². The van der Waals surface area contributed by atoms with Gasteiger partial charge in [0.15, 0.2) is 0 Å². The number of rotatable bonds is 4. The number of thiophene rings is 1. The first-order valence-electron chi connectivity index (χ1n) is 4.89. The molecular formula is C10H13N3S2. The summed E-state index contributed by atoms with van der Waals surface area (Å²) in [5.74, 6) is 0. The maximum absolute atomic E-state index is 4.08. The molecule has 3 nitrogen and oxygen atoms in total. The molecule has 0 saturated heterocycles. The summed E-state index contributed by atoms with van der Waals surface area (Å²) in [7, 11) is 0. The fourth-order valence-electron chi connectivity index (χ4n) is 1.21. The summed E-state index contributed by atoms with van der Waals surface area (Å²) in [4.78, 5) is 1.36. The summed E-state index contributed by atoms with van der Waals surface area (Å²) in [5, 5.41) is 15.6. The highest BCUT2D eigenvalue weighted by Gasteiger charge is 2.03. The van der Waals surface area contributed by atoms with Crippen LogP contribution in [0.2, 0.25) is 0 Å². The van der Waals surface area contributed by atoms with Crippen LogP contribution in [-0.2, 0) is 13.0 Å². The average Bonchev–Trinajstić information content (AvgIpc) is 2.84. The van der Waals surface area contributed by atoms with Crippen LogP contribution in [0.4, 0.5) is 5.13 Å². The zero-order valence-corrected chi connectivity index (χ0v) is 10.4. The van der Waals surface area contributed by atoms with Gasteiger partial charge in [-0.1, -0.05) is 18.3 Å². The molecule has 0 bridgehead atoms. The molecule has 0 saturated carbocycles. The van der Waals surface area contributed by atoms with Crippen LogP contribution >= 0.6 is 22.7 Å². The molecule has 2 heterocycles. The minimum atomic E-state index is 0.849. The van der Waals surface area contributed by atoms with Gasteiger partial charge in [0, 0.05) is 4.88 Å². The second-order valence-corrected chi connectivity index (χ2v) is 5.30. The van der Waals surface area contributed by atoms with Gasteiger partial charge in [-0.3, -0.25) is 0 Å². The van der Waals surface area contributed by atoms with E-state index >= 15 is 0 Å². The van der Waals surface area contributed by atoms with Crippen molar-refractivity contribution in [1.29, 1.82) is 0 Å². The van der Waals surface area contributed by atoms with E-state index in [9.17, 15) is 0 Å². The smallest absolute Gasteiger partial charge is 0.205 e. The normalized spacial score (nSPS) is 10.5. The van der Waals surface area contributed by atoms with Gasteiger partial charge in [-0.2, -0.15) is 0 Å². The molecule has 0 atom stereocenters. The summed E-state index contributed by atoms with van der Waals surface area (Å²) in [6.45, 7) is 5.07. The van der Waals surface area contributed by atoms with E-state index < -0.39 is 0 Å². The van der Waals surface area contributed by atoms with Crippen LogP contribution in [0.5, 0.6) is 0 Å². The maximum atomic E-state index is 4.08. The molecule has 0 aromatic carbocycles. The molecule has 0 aliphatic heterocycles. The van der Waals surface area contributed by atoms with Crippen molar-refractivity contribution in [1.82, 2.24) is 10.2 Å². The number of aromatic nitrogens is 2. The molecule has 0 aliphatic rings. The lowest BCUT2D eigenvalue weighted by molar-refractivity contribution is 0.976. The molecule has 0 radical (unpaired) electrons. The Morgan fingerprint density at radius 3 is 2.87 bits per heavy atom. The van der Waals surface area contributed by atoms with Gasteiger partial charge >= 0.3 is 0 Å².